The van der Waals surface area contributed by atoms with Crippen LogP contribution in [0.4, 0.5) is 0 Å². The summed E-state index contributed by atoms with van der Waals surface area (Å²) < 4.78 is 0. The highest BCUT2D eigenvalue weighted by atomic mass is 14.9. The molecule has 14 nitrogen and oxygen atoms in total. The van der Waals surface area contributed by atoms with Crippen LogP contribution in [0.15, 0.2) is 425 Å². The lowest BCUT2D eigenvalue weighted by molar-refractivity contribution is 1.16. The van der Waals surface area contributed by atoms with Crippen LogP contribution < -0.4 is 0 Å². The van der Waals surface area contributed by atoms with Crippen molar-refractivity contribution in [2.45, 2.75) is 0 Å². The minimum Gasteiger partial charge on any atom is -0.255 e. The van der Waals surface area contributed by atoms with Gasteiger partial charge in [-0.25, -0.2) is 49.8 Å². The summed E-state index contributed by atoms with van der Waals surface area (Å²) >= 11 is 0. The van der Waals surface area contributed by atoms with Crippen molar-refractivity contribution in [3.8, 4) is 203 Å². The predicted molar refractivity (Wildman–Crippen MR) is 480 cm³/mol. The molecule has 0 N–H and O–H groups in total. The van der Waals surface area contributed by atoms with E-state index in [4.69, 9.17) is 69.8 Å². The lowest BCUT2D eigenvalue weighted by Gasteiger charge is -2.12. The molecule has 0 aliphatic rings. The minimum absolute atomic E-state index is 0.593. The Bertz CT molecular complexity index is 6510. The van der Waals surface area contributed by atoms with Crippen molar-refractivity contribution < 1.29 is 0 Å². The summed E-state index contributed by atoms with van der Waals surface area (Å²) in [4.78, 5) is 70.1. The minimum atomic E-state index is 0.593. The molecule has 0 aliphatic carbocycles. The first-order chi connectivity index (χ1) is 59.4. The fourth-order valence-corrected chi connectivity index (χ4v) is 14.3. The van der Waals surface area contributed by atoms with E-state index in [1.165, 1.54) is 0 Å². The summed E-state index contributed by atoms with van der Waals surface area (Å²) in [6.07, 6.45) is 7.27. The van der Waals surface area contributed by atoms with E-state index in [0.717, 1.165) is 157 Å². The molecule has 0 spiro atoms. The van der Waals surface area contributed by atoms with Crippen LogP contribution in [0.1, 0.15) is 0 Å². The topological polar surface area (TPSA) is 180 Å². The summed E-state index contributed by atoms with van der Waals surface area (Å²) in [5, 5.41) is 0. The fraction of sp³-hybridized carbons (Fsp3) is 0. The normalized spacial score (nSPS) is 11.0. The van der Waals surface area contributed by atoms with Gasteiger partial charge in [-0.2, -0.15) is 0 Å². The van der Waals surface area contributed by atoms with Crippen molar-refractivity contribution in [1.82, 2.24) is 69.8 Å². The summed E-state index contributed by atoms with van der Waals surface area (Å²) in [5.74, 6) is 2.39. The van der Waals surface area contributed by atoms with Crippen LogP contribution in [0, 0.1) is 0 Å². The van der Waals surface area contributed by atoms with Gasteiger partial charge in [-0.15, -0.1) is 0 Å². The summed E-state index contributed by atoms with van der Waals surface area (Å²) in [7, 11) is 0. The Hall–Kier alpha value is -16.6. The smallest absolute Gasteiger partial charge is 0.161 e. The zero-order valence-electron chi connectivity index (χ0n) is 64.7. The van der Waals surface area contributed by atoms with Crippen LogP contribution in [0.2, 0.25) is 0 Å². The molecule has 0 saturated carbocycles. The standard InChI is InChI=1S/2C53H35N7/c1-6-16-36(17-7-1)43-30-50(44-28-26-41(34-54-44)52-57-46(37-18-8-2-9-19-37)32-47(58-52)38-20-10-3-11-21-38)56-51(31-43)45-29-27-42(35-55-45)53-59-48(39-22-12-4-13-23-39)33-49(60-53)40-24-14-5-15-25-40;1-6-16-36(17-7-1)43-31-50(44-27-26-42(35-55-44)53-59-47(39-22-12-4-13-23-39)34-48(60-53)40-24-14-5-15-25-40)56-51(32-43)49-30-41(28-29-54-49)52-57-45(37-18-8-2-9-19-37)33-46(58-52)38-20-10-3-11-21-38/h2*1-35H. The number of pyridine rings is 6. The molecule has 0 unspecified atom stereocenters. The van der Waals surface area contributed by atoms with E-state index in [0.29, 0.717) is 46.1 Å². The van der Waals surface area contributed by atoms with Crippen LogP contribution in [0.3, 0.4) is 0 Å². The van der Waals surface area contributed by atoms with Gasteiger partial charge in [-0.1, -0.05) is 303 Å². The van der Waals surface area contributed by atoms with Gasteiger partial charge in [0.05, 0.1) is 91.1 Å². The molecule has 0 aliphatic heterocycles. The van der Waals surface area contributed by atoms with Gasteiger partial charge in [-0.3, -0.25) is 19.9 Å². The highest BCUT2D eigenvalue weighted by Gasteiger charge is 2.21. The molecule has 0 fully saturated rings. The van der Waals surface area contributed by atoms with Crippen molar-refractivity contribution in [2.75, 3.05) is 0 Å². The zero-order chi connectivity index (χ0) is 80.2. The van der Waals surface area contributed by atoms with Crippen LogP contribution >= 0.6 is 0 Å². The van der Waals surface area contributed by atoms with Crippen LogP contribution in [0.25, 0.3) is 203 Å². The average molecular weight is 1540 g/mol. The second-order valence-corrected chi connectivity index (χ2v) is 28.5. The van der Waals surface area contributed by atoms with Gasteiger partial charge in [0.1, 0.15) is 0 Å². The van der Waals surface area contributed by atoms with Crippen LogP contribution in [0.5, 0.6) is 0 Å². The highest BCUT2D eigenvalue weighted by Crippen LogP contribution is 2.38. The second kappa shape index (κ2) is 34.2. The molecular weight excluding hydrogens is 1470 g/mol. The van der Waals surface area contributed by atoms with E-state index >= 15 is 0 Å². The van der Waals surface area contributed by atoms with Crippen LogP contribution in [-0.4, -0.2) is 69.8 Å². The number of hydrogen-bond donors (Lipinski definition) is 0. The molecule has 10 aromatic carbocycles. The van der Waals surface area contributed by atoms with E-state index in [1.807, 2.05) is 273 Å². The van der Waals surface area contributed by atoms with Gasteiger partial charge in [0.2, 0.25) is 0 Å². The number of nitrogens with zero attached hydrogens (tertiary/aromatic N) is 14. The Balaban J connectivity index is 0.000000159. The average Bonchev–Trinajstić information content (AvgIpc) is 0.777. The molecule has 10 aromatic heterocycles. The van der Waals surface area contributed by atoms with Gasteiger partial charge in [0, 0.05) is 91.5 Å². The van der Waals surface area contributed by atoms with E-state index in [-0.39, 0.29) is 0 Å². The largest absolute Gasteiger partial charge is 0.255 e. The molecule has 0 radical (unpaired) electrons. The monoisotopic (exact) mass is 1540 g/mol. The molecule has 0 amide bonds. The maximum Gasteiger partial charge on any atom is 0.161 e. The number of rotatable bonds is 18. The SMILES string of the molecule is c1ccc(-c2cc(-c3ccc(-c4nc(-c5ccccc5)cc(-c5ccccc5)n4)cn3)nc(-c3cc(-c4nc(-c5ccccc5)cc(-c5ccccc5)n4)ccn3)c2)cc1.c1ccc(-c2cc(-c3ccc(-c4nc(-c5ccccc5)cc(-c5ccccc5)n4)cn3)nc(-c3ccc(-c4nc(-c5ccccc5)cc(-c5ccccc5)n4)cn3)c2)cc1. The van der Waals surface area contributed by atoms with Crippen molar-refractivity contribution in [3.05, 3.63) is 425 Å². The molecule has 0 saturated heterocycles. The lowest BCUT2D eigenvalue weighted by atomic mass is 10.0. The maximum atomic E-state index is 5.18. The summed E-state index contributed by atoms with van der Waals surface area (Å²) in [5.41, 5.74) is 27.9. The Labute approximate surface area is 694 Å². The number of benzene rings is 10. The lowest BCUT2D eigenvalue weighted by Crippen LogP contribution is -1.98. The molecule has 564 valence electrons. The van der Waals surface area contributed by atoms with Gasteiger partial charge < -0.3 is 0 Å². The van der Waals surface area contributed by atoms with Crippen molar-refractivity contribution >= 4 is 0 Å². The van der Waals surface area contributed by atoms with Crippen LogP contribution in [-0.2, 0) is 0 Å². The maximum absolute atomic E-state index is 5.18. The predicted octanol–water partition coefficient (Wildman–Crippen LogP) is 24.9. The first-order valence-corrected chi connectivity index (χ1v) is 39.4. The summed E-state index contributed by atoms with van der Waals surface area (Å²) in [6.45, 7) is 0. The van der Waals surface area contributed by atoms with E-state index in [2.05, 4.69) is 146 Å². The van der Waals surface area contributed by atoms with E-state index in [9.17, 15) is 0 Å². The first kappa shape index (κ1) is 73.6. The van der Waals surface area contributed by atoms with Gasteiger partial charge in [0.15, 0.2) is 23.3 Å². The third kappa shape index (κ3) is 16.7. The van der Waals surface area contributed by atoms with E-state index < -0.39 is 0 Å². The molecule has 0 atom stereocenters. The Morgan fingerprint density at radius 1 is 0.108 bits per heavy atom. The third-order valence-electron chi connectivity index (χ3n) is 20.5. The van der Waals surface area contributed by atoms with Crippen molar-refractivity contribution in [3.63, 3.8) is 0 Å². The molecule has 14 heteroatoms. The molecule has 10 heterocycles. The number of aromatic nitrogens is 14. The summed E-state index contributed by atoms with van der Waals surface area (Å²) in [6, 6.07) is 134. The van der Waals surface area contributed by atoms with Crippen molar-refractivity contribution in [1.29, 1.82) is 0 Å². The Morgan fingerprint density at radius 3 is 0.525 bits per heavy atom. The van der Waals surface area contributed by atoms with Gasteiger partial charge in [0.25, 0.3) is 0 Å². The Kier molecular flexibility index (Phi) is 21.0. The van der Waals surface area contributed by atoms with E-state index in [1.54, 1.807) is 6.20 Å². The van der Waals surface area contributed by atoms with Gasteiger partial charge in [-0.05, 0) is 119 Å². The Morgan fingerprint density at radius 2 is 0.308 bits per heavy atom. The molecule has 0 bridgehead atoms. The molecule has 20 rings (SSSR count). The second-order valence-electron chi connectivity index (χ2n) is 28.5. The fourth-order valence-electron chi connectivity index (χ4n) is 14.3. The molecule has 120 heavy (non-hydrogen) atoms. The first-order valence-electron chi connectivity index (χ1n) is 39.4. The van der Waals surface area contributed by atoms with Crippen molar-refractivity contribution in [2.24, 2.45) is 0 Å². The zero-order valence-corrected chi connectivity index (χ0v) is 64.7. The van der Waals surface area contributed by atoms with Gasteiger partial charge >= 0.3 is 0 Å². The molecular formula is C106H70N14. The third-order valence-corrected chi connectivity index (χ3v) is 20.5. The quantitative estimate of drug-likeness (QED) is 0.0791. The number of hydrogen-bond acceptors (Lipinski definition) is 14. The highest BCUT2D eigenvalue weighted by molar-refractivity contribution is 5.82. The molecule has 20 aromatic rings.